The normalized spacial score (nSPS) is 11.5. The lowest BCUT2D eigenvalue weighted by Gasteiger charge is -1.99. The minimum atomic E-state index is -0.292. The maximum absolute atomic E-state index is 12.9. The topological polar surface area (TPSA) is 67.5 Å². The van der Waals surface area contributed by atoms with Gasteiger partial charge in [0.05, 0.1) is 18.4 Å². The third-order valence-corrected chi connectivity index (χ3v) is 4.15. The summed E-state index contributed by atoms with van der Waals surface area (Å²) in [5.74, 6) is 0.0408. The number of carbonyl (C=O) groups excluding carboxylic acids is 1. The Hall–Kier alpha value is -2.80. The number of thiazole rings is 1. The standard InChI is InChI=1S/C17H14FN3O2S/c1-11(15-3-2-8-23-15)20-21-16(22)9-14-10-24-17(19-14)12-4-6-13(18)7-5-12/h2-8,10H,9H2,1H3,(H,21,22)/b20-11-. The molecule has 1 amide bonds. The summed E-state index contributed by atoms with van der Waals surface area (Å²) in [4.78, 5) is 16.3. The molecule has 0 aliphatic carbocycles. The van der Waals surface area contributed by atoms with E-state index in [2.05, 4.69) is 15.5 Å². The maximum Gasteiger partial charge on any atom is 0.246 e. The molecule has 2 aromatic heterocycles. The van der Waals surface area contributed by atoms with Crippen LogP contribution in [0.15, 0.2) is 57.6 Å². The van der Waals surface area contributed by atoms with Crippen LogP contribution in [0.25, 0.3) is 10.6 Å². The van der Waals surface area contributed by atoms with Crippen molar-refractivity contribution in [3.63, 3.8) is 0 Å². The van der Waals surface area contributed by atoms with Crippen LogP contribution in [0.4, 0.5) is 4.39 Å². The van der Waals surface area contributed by atoms with Crippen LogP contribution in [0.5, 0.6) is 0 Å². The Morgan fingerprint density at radius 2 is 2.12 bits per heavy atom. The van der Waals surface area contributed by atoms with Crippen LogP contribution in [0.2, 0.25) is 0 Å². The molecular weight excluding hydrogens is 329 g/mol. The average molecular weight is 343 g/mol. The molecule has 0 saturated heterocycles. The van der Waals surface area contributed by atoms with E-state index in [1.54, 1.807) is 42.8 Å². The van der Waals surface area contributed by atoms with Crippen LogP contribution in [-0.2, 0) is 11.2 Å². The fourth-order valence-electron chi connectivity index (χ4n) is 2.00. The number of nitrogens with zero attached hydrogens (tertiary/aromatic N) is 2. The largest absolute Gasteiger partial charge is 0.463 e. The summed E-state index contributed by atoms with van der Waals surface area (Å²) in [6, 6.07) is 9.61. The quantitative estimate of drug-likeness (QED) is 0.568. The van der Waals surface area contributed by atoms with E-state index in [4.69, 9.17) is 4.42 Å². The van der Waals surface area contributed by atoms with E-state index in [0.717, 1.165) is 10.6 Å². The summed E-state index contributed by atoms with van der Waals surface area (Å²) >= 11 is 1.41. The van der Waals surface area contributed by atoms with Crippen molar-refractivity contribution in [2.24, 2.45) is 5.10 Å². The van der Waals surface area contributed by atoms with Gasteiger partial charge in [0.2, 0.25) is 5.91 Å². The van der Waals surface area contributed by atoms with E-state index < -0.39 is 0 Å². The monoisotopic (exact) mass is 343 g/mol. The Labute approximate surface area is 141 Å². The van der Waals surface area contributed by atoms with Gasteiger partial charge in [0, 0.05) is 10.9 Å². The van der Waals surface area contributed by atoms with E-state index in [0.29, 0.717) is 17.2 Å². The molecular formula is C17H14FN3O2S. The highest BCUT2D eigenvalue weighted by Crippen LogP contribution is 2.24. The van der Waals surface area contributed by atoms with E-state index in [1.165, 1.54) is 23.5 Å². The number of hydrogen-bond donors (Lipinski definition) is 1. The molecule has 0 saturated carbocycles. The zero-order chi connectivity index (χ0) is 16.9. The number of nitrogens with one attached hydrogen (secondary N) is 1. The predicted octanol–water partition coefficient (Wildman–Crippen LogP) is 3.63. The van der Waals surface area contributed by atoms with Crippen LogP contribution >= 0.6 is 11.3 Å². The van der Waals surface area contributed by atoms with Gasteiger partial charge in [0.1, 0.15) is 22.3 Å². The SMILES string of the molecule is C/C(=N/NC(=O)Cc1csc(-c2ccc(F)cc2)n1)c1ccco1. The van der Waals surface area contributed by atoms with E-state index in [1.807, 2.05) is 0 Å². The molecule has 0 radical (unpaired) electrons. The predicted molar refractivity (Wildman–Crippen MR) is 90.3 cm³/mol. The van der Waals surface area contributed by atoms with Gasteiger partial charge in [0.25, 0.3) is 0 Å². The van der Waals surface area contributed by atoms with Gasteiger partial charge in [0.15, 0.2) is 0 Å². The molecule has 5 nitrogen and oxygen atoms in total. The van der Waals surface area contributed by atoms with Gasteiger partial charge in [-0.05, 0) is 43.3 Å². The average Bonchev–Trinajstić information content (AvgIpc) is 3.25. The smallest absolute Gasteiger partial charge is 0.246 e. The molecule has 3 aromatic rings. The summed E-state index contributed by atoms with van der Waals surface area (Å²) in [7, 11) is 0. The van der Waals surface area contributed by atoms with Gasteiger partial charge in [-0.1, -0.05) is 0 Å². The zero-order valence-electron chi connectivity index (χ0n) is 12.8. The number of amides is 1. The van der Waals surface area contributed by atoms with Crippen LogP contribution < -0.4 is 5.43 Å². The molecule has 1 N–H and O–H groups in total. The van der Waals surface area contributed by atoms with Gasteiger partial charge in [-0.3, -0.25) is 4.79 Å². The highest BCUT2D eigenvalue weighted by Gasteiger charge is 2.09. The molecule has 0 fully saturated rings. The van der Waals surface area contributed by atoms with Crippen molar-refractivity contribution < 1.29 is 13.6 Å². The number of rotatable bonds is 5. The van der Waals surface area contributed by atoms with Crippen molar-refractivity contribution in [3.05, 3.63) is 65.3 Å². The van der Waals surface area contributed by atoms with Gasteiger partial charge >= 0.3 is 0 Å². The van der Waals surface area contributed by atoms with E-state index >= 15 is 0 Å². The molecule has 1 aromatic carbocycles. The van der Waals surface area contributed by atoms with Crippen molar-refractivity contribution in [3.8, 4) is 10.6 Å². The first-order valence-electron chi connectivity index (χ1n) is 7.19. The van der Waals surface area contributed by atoms with Crippen molar-refractivity contribution in [1.82, 2.24) is 10.4 Å². The Morgan fingerprint density at radius 3 is 2.83 bits per heavy atom. The third-order valence-electron chi connectivity index (χ3n) is 3.21. The molecule has 0 bridgehead atoms. The first-order valence-corrected chi connectivity index (χ1v) is 8.07. The lowest BCUT2D eigenvalue weighted by Crippen LogP contribution is -2.21. The molecule has 3 rings (SSSR count). The summed E-state index contributed by atoms with van der Waals surface area (Å²) in [5.41, 5.74) is 4.52. The second-order valence-electron chi connectivity index (χ2n) is 5.04. The number of hydrogen-bond acceptors (Lipinski definition) is 5. The molecule has 0 unspecified atom stereocenters. The Balaban J connectivity index is 1.61. The van der Waals surface area contributed by atoms with Crippen LogP contribution in [0, 0.1) is 5.82 Å². The lowest BCUT2D eigenvalue weighted by atomic mass is 10.2. The number of hydrazone groups is 1. The molecule has 0 aliphatic rings. The third kappa shape index (κ3) is 3.94. The summed E-state index contributed by atoms with van der Waals surface area (Å²) in [5, 5.41) is 6.55. The number of aromatic nitrogens is 1. The highest BCUT2D eigenvalue weighted by atomic mass is 32.1. The first kappa shape index (κ1) is 16.1. The van der Waals surface area contributed by atoms with Gasteiger partial charge in [-0.25, -0.2) is 14.8 Å². The molecule has 0 spiro atoms. The van der Waals surface area contributed by atoms with Crippen LogP contribution in [-0.4, -0.2) is 16.6 Å². The van der Waals surface area contributed by atoms with Crippen molar-refractivity contribution in [1.29, 1.82) is 0 Å². The second kappa shape index (κ2) is 7.18. The van der Waals surface area contributed by atoms with E-state index in [-0.39, 0.29) is 18.1 Å². The molecule has 0 atom stereocenters. The maximum atomic E-state index is 12.9. The number of furan rings is 1. The van der Waals surface area contributed by atoms with Gasteiger partial charge in [-0.15, -0.1) is 11.3 Å². The molecule has 24 heavy (non-hydrogen) atoms. The van der Waals surface area contributed by atoms with Crippen LogP contribution in [0.3, 0.4) is 0 Å². The number of benzene rings is 1. The van der Waals surface area contributed by atoms with Crippen molar-refractivity contribution in [2.45, 2.75) is 13.3 Å². The Kier molecular flexibility index (Phi) is 4.81. The minimum absolute atomic E-state index is 0.118. The summed E-state index contributed by atoms with van der Waals surface area (Å²) < 4.78 is 18.1. The fourth-order valence-corrected chi connectivity index (χ4v) is 2.83. The lowest BCUT2D eigenvalue weighted by molar-refractivity contribution is -0.120. The first-order chi connectivity index (χ1) is 11.6. The highest BCUT2D eigenvalue weighted by molar-refractivity contribution is 7.13. The van der Waals surface area contributed by atoms with Crippen LogP contribution in [0.1, 0.15) is 18.4 Å². The fraction of sp³-hybridized carbons (Fsp3) is 0.118. The number of halogens is 1. The minimum Gasteiger partial charge on any atom is -0.463 e. The summed E-state index contributed by atoms with van der Waals surface area (Å²) in [6.45, 7) is 1.74. The molecule has 122 valence electrons. The zero-order valence-corrected chi connectivity index (χ0v) is 13.6. The molecule has 0 aliphatic heterocycles. The summed E-state index contributed by atoms with van der Waals surface area (Å²) in [6.07, 6.45) is 1.66. The van der Waals surface area contributed by atoms with Gasteiger partial charge < -0.3 is 4.42 Å². The molecule has 2 heterocycles. The van der Waals surface area contributed by atoms with Gasteiger partial charge in [-0.2, -0.15) is 5.10 Å². The second-order valence-corrected chi connectivity index (χ2v) is 5.90. The van der Waals surface area contributed by atoms with Crippen molar-refractivity contribution in [2.75, 3.05) is 0 Å². The number of carbonyl (C=O) groups is 1. The van der Waals surface area contributed by atoms with Crippen molar-refractivity contribution >= 4 is 23.0 Å². The Bertz CT molecular complexity index is 854. The van der Waals surface area contributed by atoms with E-state index in [9.17, 15) is 9.18 Å². The Morgan fingerprint density at radius 1 is 1.33 bits per heavy atom. The molecule has 7 heteroatoms.